The van der Waals surface area contributed by atoms with Crippen LogP contribution in [0.2, 0.25) is 0 Å². The molecule has 1 saturated carbocycles. The largest absolute Gasteiger partial charge is 0.370 e. The van der Waals surface area contributed by atoms with Crippen LogP contribution in [0.1, 0.15) is 49.7 Å². The Bertz CT molecular complexity index is 562. The van der Waals surface area contributed by atoms with Gasteiger partial charge >= 0.3 is 0 Å². The summed E-state index contributed by atoms with van der Waals surface area (Å²) in [4.78, 5) is 11.3. The van der Waals surface area contributed by atoms with Crippen LogP contribution in [0.25, 0.3) is 0 Å². The molecule has 0 heterocycles. The highest BCUT2D eigenvalue weighted by Crippen LogP contribution is 2.28. The molecule has 0 saturated heterocycles. The van der Waals surface area contributed by atoms with Crippen molar-refractivity contribution in [3.8, 4) is 6.07 Å². The molecular formula is C17H22FN3O. The first-order chi connectivity index (χ1) is 10.6. The van der Waals surface area contributed by atoms with E-state index in [1.807, 2.05) is 6.07 Å². The summed E-state index contributed by atoms with van der Waals surface area (Å²) >= 11 is 0. The van der Waals surface area contributed by atoms with Gasteiger partial charge in [0.05, 0.1) is 5.56 Å². The summed E-state index contributed by atoms with van der Waals surface area (Å²) in [6, 6.07) is 6.40. The number of nitrogens with zero attached hydrogens (tertiary/aromatic N) is 1. The van der Waals surface area contributed by atoms with E-state index in [4.69, 9.17) is 11.0 Å². The zero-order valence-corrected chi connectivity index (χ0v) is 12.6. The van der Waals surface area contributed by atoms with Gasteiger partial charge in [-0.25, -0.2) is 4.39 Å². The van der Waals surface area contributed by atoms with E-state index in [1.54, 1.807) is 12.1 Å². The van der Waals surface area contributed by atoms with Crippen molar-refractivity contribution in [3.63, 3.8) is 0 Å². The number of carbonyl (C=O) groups excluding carboxylic acids is 1. The Labute approximate surface area is 130 Å². The molecule has 1 atom stereocenters. The monoisotopic (exact) mass is 303 g/mol. The van der Waals surface area contributed by atoms with Crippen LogP contribution < -0.4 is 11.1 Å². The summed E-state index contributed by atoms with van der Waals surface area (Å²) in [6.45, 7) is 0.503. The van der Waals surface area contributed by atoms with Crippen molar-refractivity contribution in [3.05, 3.63) is 35.1 Å². The van der Waals surface area contributed by atoms with Gasteiger partial charge in [0.25, 0.3) is 0 Å². The van der Waals surface area contributed by atoms with Gasteiger partial charge < -0.3 is 11.1 Å². The Hall–Kier alpha value is -1.93. The minimum absolute atomic E-state index is 0.0448. The molecule has 0 aromatic heterocycles. The molecule has 4 nitrogen and oxygen atoms in total. The number of amides is 1. The highest BCUT2D eigenvalue weighted by Gasteiger charge is 2.24. The van der Waals surface area contributed by atoms with Gasteiger partial charge in [-0.3, -0.25) is 4.79 Å². The lowest BCUT2D eigenvalue weighted by Gasteiger charge is -2.30. The molecule has 2 rings (SSSR count). The van der Waals surface area contributed by atoms with Gasteiger partial charge in [0.15, 0.2) is 0 Å². The summed E-state index contributed by atoms with van der Waals surface area (Å²) in [6.07, 6.45) is 6.17. The third kappa shape index (κ3) is 4.54. The lowest BCUT2D eigenvalue weighted by molar-refractivity contribution is -0.118. The summed E-state index contributed by atoms with van der Waals surface area (Å²) in [5.41, 5.74) is 6.24. The van der Waals surface area contributed by atoms with E-state index in [0.29, 0.717) is 18.9 Å². The maximum absolute atomic E-state index is 13.3. The van der Waals surface area contributed by atoms with Crippen molar-refractivity contribution in [2.24, 2.45) is 11.7 Å². The van der Waals surface area contributed by atoms with Crippen molar-refractivity contribution in [2.75, 3.05) is 0 Å². The maximum Gasteiger partial charge on any atom is 0.218 e. The molecule has 0 radical (unpaired) electrons. The predicted octanol–water partition coefficient (Wildman–Crippen LogP) is 2.61. The van der Waals surface area contributed by atoms with Crippen LogP contribution in [0.3, 0.4) is 0 Å². The Kier molecular flexibility index (Phi) is 5.91. The number of carbonyl (C=O) groups is 1. The van der Waals surface area contributed by atoms with Gasteiger partial charge in [-0.1, -0.05) is 25.3 Å². The lowest BCUT2D eigenvalue weighted by atomic mass is 9.82. The van der Waals surface area contributed by atoms with Crippen LogP contribution in [0, 0.1) is 23.1 Å². The molecule has 0 aliphatic heterocycles. The fraction of sp³-hybridized carbons (Fsp3) is 0.529. The minimum atomic E-state index is -0.507. The molecule has 3 N–H and O–H groups in total. The van der Waals surface area contributed by atoms with Gasteiger partial charge in [-0.05, 0) is 36.5 Å². The summed E-state index contributed by atoms with van der Waals surface area (Å²) in [5.74, 6) is -0.357. The molecule has 22 heavy (non-hydrogen) atoms. The molecule has 1 fully saturated rings. The third-order valence-corrected chi connectivity index (χ3v) is 4.36. The molecule has 1 aromatic carbocycles. The van der Waals surface area contributed by atoms with E-state index in [9.17, 15) is 9.18 Å². The number of nitriles is 1. The van der Waals surface area contributed by atoms with E-state index in [0.717, 1.165) is 18.4 Å². The van der Waals surface area contributed by atoms with Gasteiger partial charge in [-0.15, -0.1) is 0 Å². The van der Waals surface area contributed by atoms with Gasteiger partial charge in [0, 0.05) is 19.0 Å². The van der Waals surface area contributed by atoms with Gasteiger partial charge in [0.2, 0.25) is 5.91 Å². The fourth-order valence-electron chi connectivity index (χ4n) is 3.18. The van der Waals surface area contributed by atoms with Crippen molar-refractivity contribution >= 4 is 5.91 Å². The number of rotatable bonds is 6. The Morgan fingerprint density at radius 2 is 2.14 bits per heavy atom. The molecule has 1 aromatic rings. The minimum Gasteiger partial charge on any atom is -0.370 e. The lowest BCUT2D eigenvalue weighted by Crippen LogP contribution is -2.40. The number of hydrogen-bond donors (Lipinski definition) is 2. The Balaban J connectivity index is 2.01. The zero-order valence-electron chi connectivity index (χ0n) is 12.6. The SMILES string of the molecule is N#Cc1cc(CNC(CC(N)=O)C2CCCCC2)ccc1F. The molecule has 0 spiro atoms. The van der Waals surface area contributed by atoms with E-state index in [1.165, 1.54) is 25.3 Å². The highest BCUT2D eigenvalue weighted by atomic mass is 19.1. The van der Waals surface area contributed by atoms with Crippen molar-refractivity contribution in [2.45, 2.75) is 51.1 Å². The first-order valence-corrected chi connectivity index (χ1v) is 7.80. The fourth-order valence-corrected chi connectivity index (χ4v) is 3.18. The van der Waals surface area contributed by atoms with Gasteiger partial charge in [0.1, 0.15) is 11.9 Å². The third-order valence-electron chi connectivity index (χ3n) is 4.36. The molecule has 1 aliphatic rings. The number of nitrogens with two attached hydrogens (primary N) is 1. The van der Waals surface area contributed by atoms with Crippen LogP contribution >= 0.6 is 0 Å². The second-order valence-electron chi connectivity index (χ2n) is 5.98. The topological polar surface area (TPSA) is 78.9 Å². The molecular weight excluding hydrogens is 281 g/mol. The van der Waals surface area contributed by atoms with Crippen LogP contribution in [-0.4, -0.2) is 11.9 Å². The first kappa shape index (κ1) is 16.4. The molecule has 118 valence electrons. The standard InChI is InChI=1S/C17H22FN3O/c18-15-7-6-12(8-14(15)10-19)11-21-16(9-17(20)22)13-4-2-1-3-5-13/h6-8,13,16,21H,1-5,9,11H2,(H2,20,22). The highest BCUT2D eigenvalue weighted by molar-refractivity contribution is 5.74. The van der Waals surface area contributed by atoms with Crippen LogP contribution in [0.15, 0.2) is 18.2 Å². The molecule has 1 amide bonds. The smallest absolute Gasteiger partial charge is 0.218 e. The second kappa shape index (κ2) is 7.90. The first-order valence-electron chi connectivity index (χ1n) is 7.80. The van der Waals surface area contributed by atoms with Crippen molar-refractivity contribution in [1.29, 1.82) is 5.26 Å². The van der Waals surface area contributed by atoms with Crippen LogP contribution in [0.4, 0.5) is 4.39 Å². The quantitative estimate of drug-likeness (QED) is 0.848. The number of hydrogen-bond acceptors (Lipinski definition) is 3. The Morgan fingerprint density at radius 1 is 1.41 bits per heavy atom. The number of halogens is 1. The molecule has 1 unspecified atom stereocenters. The molecule has 5 heteroatoms. The maximum atomic E-state index is 13.3. The number of benzene rings is 1. The molecule has 1 aliphatic carbocycles. The normalized spacial score (nSPS) is 16.9. The van der Waals surface area contributed by atoms with Crippen molar-refractivity contribution in [1.82, 2.24) is 5.32 Å². The second-order valence-corrected chi connectivity index (χ2v) is 5.98. The van der Waals surface area contributed by atoms with E-state index in [-0.39, 0.29) is 17.5 Å². The zero-order chi connectivity index (χ0) is 15.9. The predicted molar refractivity (Wildman–Crippen MR) is 82.1 cm³/mol. The van der Waals surface area contributed by atoms with Crippen LogP contribution in [0.5, 0.6) is 0 Å². The summed E-state index contributed by atoms with van der Waals surface area (Å²) < 4.78 is 13.3. The number of nitrogens with one attached hydrogen (secondary N) is 1. The van der Waals surface area contributed by atoms with E-state index >= 15 is 0 Å². The Morgan fingerprint density at radius 3 is 2.77 bits per heavy atom. The average molecular weight is 303 g/mol. The number of primary amides is 1. The van der Waals surface area contributed by atoms with Crippen LogP contribution in [-0.2, 0) is 11.3 Å². The summed E-state index contributed by atoms with van der Waals surface area (Å²) in [5, 5.41) is 12.2. The average Bonchev–Trinajstić information content (AvgIpc) is 2.53. The van der Waals surface area contributed by atoms with Crippen molar-refractivity contribution < 1.29 is 9.18 Å². The van der Waals surface area contributed by atoms with E-state index < -0.39 is 5.82 Å². The van der Waals surface area contributed by atoms with Gasteiger partial charge in [-0.2, -0.15) is 5.26 Å². The molecule has 0 bridgehead atoms. The van der Waals surface area contributed by atoms with E-state index in [2.05, 4.69) is 5.32 Å². The summed E-state index contributed by atoms with van der Waals surface area (Å²) in [7, 11) is 0.